The smallest absolute Gasteiger partial charge is 0.330 e. The summed E-state index contributed by atoms with van der Waals surface area (Å²) in [5.74, 6) is -0.317. The molecule has 0 bridgehead atoms. The van der Waals surface area contributed by atoms with Crippen LogP contribution in [0, 0.1) is 0 Å². The summed E-state index contributed by atoms with van der Waals surface area (Å²) in [6.07, 6.45) is 4.33. The highest BCUT2D eigenvalue weighted by molar-refractivity contribution is 5.83. The molecule has 0 aromatic rings. The van der Waals surface area contributed by atoms with E-state index < -0.39 is 0 Å². The van der Waals surface area contributed by atoms with E-state index in [0.29, 0.717) is 13.0 Å². The van der Waals surface area contributed by atoms with Crippen LogP contribution < -0.4 is 5.32 Å². The molecule has 13 heavy (non-hydrogen) atoms. The lowest BCUT2D eigenvalue weighted by Gasteiger charge is -2.01. The van der Waals surface area contributed by atoms with Crippen LogP contribution in [-0.4, -0.2) is 24.5 Å². The molecule has 0 spiro atoms. The van der Waals surface area contributed by atoms with Gasteiger partial charge in [-0.25, -0.2) is 4.79 Å². The average molecular weight is 183 g/mol. The van der Waals surface area contributed by atoms with Crippen molar-refractivity contribution in [3.05, 3.63) is 12.2 Å². The number of hydrogen-bond acceptors (Lipinski definition) is 3. The molecule has 0 unspecified atom stereocenters. The van der Waals surface area contributed by atoms with Gasteiger partial charge in [0.2, 0.25) is 5.91 Å². The second kappa shape index (κ2) is 4.64. The lowest BCUT2D eigenvalue weighted by molar-refractivity contribution is -0.137. The van der Waals surface area contributed by atoms with E-state index in [0.717, 1.165) is 6.42 Å². The van der Waals surface area contributed by atoms with Gasteiger partial charge in [-0.3, -0.25) is 4.79 Å². The molecule has 4 nitrogen and oxygen atoms in total. The van der Waals surface area contributed by atoms with Gasteiger partial charge in [-0.15, -0.1) is 0 Å². The van der Waals surface area contributed by atoms with Crippen molar-refractivity contribution in [3.8, 4) is 0 Å². The van der Waals surface area contributed by atoms with Gasteiger partial charge in [0.15, 0.2) is 0 Å². The molecule has 1 saturated heterocycles. The quantitative estimate of drug-likeness (QED) is 0.508. The van der Waals surface area contributed by atoms with E-state index in [1.165, 1.54) is 6.08 Å². The van der Waals surface area contributed by atoms with Crippen molar-refractivity contribution in [2.45, 2.75) is 25.8 Å². The zero-order valence-corrected chi connectivity index (χ0v) is 7.58. The Balaban J connectivity index is 2.31. The fraction of sp³-hybridized carbons (Fsp3) is 0.556. The summed E-state index contributed by atoms with van der Waals surface area (Å²) in [5.41, 5.74) is 0. The largest absolute Gasteiger partial charge is 0.463 e. The number of carbonyl (C=O) groups is 2. The minimum absolute atomic E-state index is 0.00286. The Hall–Kier alpha value is -1.32. The van der Waals surface area contributed by atoms with Crippen molar-refractivity contribution < 1.29 is 14.3 Å². The summed E-state index contributed by atoms with van der Waals surface area (Å²) in [6.45, 7) is 2.13. The predicted octanol–water partition coefficient (Wildman–Crippen LogP) is 0.384. The minimum Gasteiger partial charge on any atom is -0.463 e. The molecule has 1 amide bonds. The molecule has 1 rings (SSSR count). The van der Waals surface area contributed by atoms with E-state index in [1.54, 1.807) is 13.0 Å². The Labute approximate surface area is 76.9 Å². The maximum Gasteiger partial charge on any atom is 0.330 e. The number of ether oxygens (including phenoxy) is 1. The third-order valence-electron chi connectivity index (χ3n) is 1.78. The number of esters is 1. The molecule has 0 aliphatic carbocycles. The molecule has 1 N–H and O–H groups in total. The third-order valence-corrected chi connectivity index (χ3v) is 1.78. The van der Waals surface area contributed by atoms with Crippen LogP contribution in [0.2, 0.25) is 0 Å². The van der Waals surface area contributed by atoms with E-state index in [-0.39, 0.29) is 17.9 Å². The second-order valence-corrected chi connectivity index (χ2v) is 2.82. The molecule has 0 radical (unpaired) electrons. The predicted molar refractivity (Wildman–Crippen MR) is 46.9 cm³/mol. The van der Waals surface area contributed by atoms with Crippen molar-refractivity contribution in [3.63, 3.8) is 0 Å². The monoisotopic (exact) mass is 183 g/mol. The van der Waals surface area contributed by atoms with Crippen LogP contribution >= 0.6 is 0 Å². The summed E-state index contributed by atoms with van der Waals surface area (Å²) in [4.78, 5) is 21.6. The maximum absolute atomic E-state index is 10.9. The molecule has 1 aliphatic rings. The molecule has 0 aromatic heterocycles. The van der Waals surface area contributed by atoms with Crippen molar-refractivity contribution in [2.24, 2.45) is 0 Å². The molecular formula is C9H13NO3. The van der Waals surface area contributed by atoms with Gasteiger partial charge >= 0.3 is 5.97 Å². The van der Waals surface area contributed by atoms with Gasteiger partial charge in [0.1, 0.15) is 0 Å². The first-order valence-corrected chi connectivity index (χ1v) is 4.36. The third kappa shape index (κ3) is 3.27. The fourth-order valence-corrected chi connectivity index (χ4v) is 1.17. The zero-order valence-electron chi connectivity index (χ0n) is 7.58. The molecule has 4 heteroatoms. The molecule has 1 fully saturated rings. The van der Waals surface area contributed by atoms with Crippen LogP contribution in [0.25, 0.3) is 0 Å². The van der Waals surface area contributed by atoms with Crippen molar-refractivity contribution in [1.82, 2.24) is 5.32 Å². The molecule has 1 aliphatic heterocycles. The fourth-order valence-electron chi connectivity index (χ4n) is 1.17. The van der Waals surface area contributed by atoms with E-state index in [2.05, 4.69) is 5.32 Å². The first-order chi connectivity index (χ1) is 6.22. The van der Waals surface area contributed by atoms with Crippen molar-refractivity contribution in [1.29, 1.82) is 0 Å². The first-order valence-electron chi connectivity index (χ1n) is 4.36. The molecule has 0 saturated carbocycles. The van der Waals surface area contributed by atoms with Gasteiger partial charge in [-0.2, -0.15) is 0 Å². The van der Waals surface area contributed by atoms with Crippen LogP contribution in [0.15, 0.2) is 12.2 Å². The van der Waals surface area contributed by atoms with Crippen LogP contribution in [0.4, 0.5) is 0 Å². The molecule has 1 heterocycles. The number of amides is 1. The maximum atomic E-state index is 10.9. The van der Waals surface area contributed by atoms with Crippen molar-refractivity contribution in [2.75, 3.05) is 6.61 Å². The molecule has 72 valence electrons. The normalized spacial score (nSPS) is 21.9. The summed E-state index contributed by atoms with van der Waals surface area (Å²) in [7, 11) is 0. The summed E-state index contributed by atoms with van der Waals surface area (Å²) in [6, 6.07) is -0.00286. The second-order valence-electron chi connectivity index (χ2n) is 2.82. The highest BCUT2D eigenvalue weighted by Gasteiger charge is 2.17. The van der Waals surface area contributed by atoms with Gasteiger partial charge in [-0.05, 0) is 13.3 Å². The first kappa shape index (κ1) is 9.77. The van der Waals surface area contributed by atoms with Crippen LogP contribution in [0.5, 0.6) is 0 Å². The number of rotatable bonds is 3. The minimum atomic E-state index is -0.358. The van der Waals surface area contributed by atoms with Crippen LogP contribution in [0.1, 0.15) is 19.8 Å². The zero-order chi connectivity index (χ0) is 9.68. The van der Waals surface area contributed by atoms with Crippen LogP contribution in [0.3, 0.4) is 0 Å². The summed E-state index contributed by atoms with van der Waals surface area (Å²) >= 11 is 0. The van der Waals surface area contributed by atoms with Gasteiger partial charge in [0.05, 0.1) is 6.61 Å². The lowest BCUT2D eigenvalue weighted by Crippen LogP contribution is -2.23. The van der Waals surface area contributed by atoms with E-state index in [9.17, 15) is 9.59 Å². The molecular weight excluding hydrogens is 170 g/mol. The average Bonchev–Trinajstić information content (AvgIpc) is 2.49. The van der Waals surface area contributed by atoms with Gasteiger partial charge < -0.3 is 10.1 Å². The Morgan fingerprint density at radius 3 is 3.08 bits per heavy atom. The molecule has 0 aromatic carbocycles. The van der Waals surface area contributed by atoms with Gasteiger partial charge in [0.25, 0.3) is 0 Å². The van der Waals surface area contributed by atoms with Crippen molar-refractivity contribution >= 4 is 11.9 Å². The highest BCUT2D eigenvalue weighted by Crippen LogP contribution is 2.07. The number of hydrogen-bond donors (Lipinski definition) is 1. The standard InChI is InChI=1S/C9H13NO3/c1-2-13-9(12)6-4-7-3-5-8(11)10-7/h4,6-7H,2-3,5H2,1H3,(H,10,11)/b6-4+/t7-/m1/s1. The van der Waals surface area contributed by atoms with E-state index >= 15 is 0 Å². The Bertz CT molecular complexity index is 235. The number of nitrogens with one attached hydrogen (secondary N) is 1. The number of carbonyl (C=O) groups excluding carboxylic acids is 2. The van der Waals surface area contributed by atoms with Crippen LogP contribution in [-0.2, 0) is 14.3 Å². The van der Waals surface area contributed by atoms with Gasteiger partial charge in [-0.1, -0.05) is 6.08 Å². The van der Waals surface area contributed by atoms with Gasteiger partial charge in [0, 0.05) is 18.5 Å². The molecule has 1 atom stereocenters. The Kier molecular flexibility index (Phi) is 3.49. The Morgan fingerprint density at radius 1 is 1.77 bits per heavy atom. The Morgan fingerprint density at radius 2 is 2.54 bits per heavy atom. The lowest BCUT2D eigenvalue weighted by atomic mass is 10.2. The summed E-state index contributed by atoms with van der Waals surface area (Å²) in [5, 5.41) is 2.72. The van der Waals surface area contributed by atoms with E-state index in [1.807, 2.05) is 0 Å². The SMILES string of the molecule is CCOC(=O)/C=C/[C@H]1CCC(=O)N1. The van der Waals surface area contributed by atoms with E-state index in [4.69, 9.17) is 4.74 Å². The summed E-state index contributed by atoms with van der Waals surface area (Å²) < 4.78 is 4.69. The topological polar surface area (TPSA) is 55.4 Å². The highest BCUT2D eigenvalue weighted by atomic mass is 16.5.